The van der Waals surface area contributed by atoms with Gasteiger partial charge in [-0.3, -0.25) is 0 Å². The van der Waals surface area contributed by atoms with Crippen LogP contribution in [0.2, 0.25) is 6.32 Å². The minimum absolute atomic E-state index is 0.150. The summed E-state index contributed by atoms with van der Waals surface area (Å²) in [5.74, 6) is 0. The summed E-state index contributed by atoms with van der Waals surface area (Å²) in [4.78, 5) is 0. The molecule has 1 unspecified atom stereocenters. The zero-order valence-corrected chi connectivity index (χ0v) is 12.3. The van der Waals surface area contributed by atoms with Crippen LogP contribution in [-0.2, 0) is 0 Å². The van der Waals surface area contributed by atoms with Crippen molar-refractivity contribution in [3.63, 3.8) is 0 Å². The number of nitrogens with two attached hydrogens (primary N) is 1. The van der Waals surface area contributed by atoms with E-state index in [4.69, 9.17) is 5.73 Å². The summed E-state index contributed by atoms with van der Waals surface area (Å²) in [5.41, 5.74) is 8.74. The molecule has 1 atom stereocenters. The molecule has 0 aromatic heterocycles. The quantitative estimate of drug-likeness (QED) is 0.421. The Labute approximate surface area is 113 Å². The Morgan fingerprint density at radius 3 is 2.61 bits per heavy atom. The summed E-state index contributed by atoms with van der Waals surface area (Å²) in [6.45, 7) is 2.92. The van der Waals surface area contributed by atoms with Gasteiger partial charge in [0, 0.05) is 19.6 Å². The molecule has 0 saturated heterocycles. The molecule has 0 heterocycles. The van der Waals surface area contributed by atoms with Crippen LogP contribution < -0.4 is 16.4 Å². The smallest absolute Gasteiger partial charge is 0.101 e. The average Bonchev–Trinajstić information content (AvgIpc) is 2.35. The van der Waals surface area contributed by atoms with E-state index in [1.807, 2.05) is 27.2 Å². The predicted molar refractivity (Wildman–Crippen MR) is 84.5 cm³/mol. The van der Waals surface area contributed by atoms with Gasteiger partial charge in [-0.15, -0.1) is 0 Å². The van der Waals surface area contributed by atoms with Crippen LogP contribution in [0.3, 0.4) is 0 Å². The standard InChI is InChI=1S/C14H28BN3/c1-4-5-13(14(16)8-9-15)7-6-12(10-17-2)11-18-3/h4-5,7,10,14,17-18H,6,8-9,11,15-16H2,1-3H3/b5-4-,12-10-,13-7+. The van der Waals surface area contributed by atoms with Gasteiger partial charge in [0.05, 0.1) is 0 Å². The first-order chi connectivity index (χ1) is 8.69. The van der Waals surface area contributed by atoms with Crippen molar-refractivity contribution < 1.29 is 0 Å². The van der Waals surface area contributed by atoms with Crippen LogP contribution in [-0.4, -0.2) is 34.5 Å². The Morgan fingerprint density at radius 2 is 2.11 bits per heavy atom. The molecule has 102 valence electrons. The summed E-state index contributed by atoms with van der Waals surface area (Å²) in [5, 5.41) is 6.26. The van der Waals surface area contributed by atoms with Crippen LogP contribution in [0.1, 0.15) is 19.8 Å². The lowest BCUT2D eigenvalue weighted by molar-refractivity contribution is 0.749. The molecule has 0 bridgehead atoms. The fourth-order valence-electron chi connectivity index (χ4n) is 1.88. The lowest BCUT2D eigenvalue weighted by atomic mass is 9.93. The molecule has 0 aliphatic heterocycles. The van der Waals surface area contributed by atoms with Gasteiger partial charge >= 0.3 is 0 Å². The van der Waals surface area contributed by atoms with Crippen LogP contribution in [0, 0.1) is 0 Å². The molecule has 0 aliphatic carbocycles. The highest BCUT2D eigenvalue weighted by molar-refractivity contribution is 6.08. The minimum atomic E-state index is 0.150. The van der Waals surface area contributed by atoms with Crippen LogP contribution in [0.15, 0.2) is 35.6 Å². The number of allylic oxidation sites excluding steroid dienone is 2. The third kappa shape index (κ3) is 7.35. The monoisotopic (exact) mass is 249 g/mol. The van der Waals surface area contributed by atoms with E-state index in [0.29, 0.717) is 0 Å². The third-order valence-electron chi connectivity index (χ3n) is 2.74. The molecule has 0 saturated carbocycles. The SMILES string of the molecule is BCCC(N)C(/C=C\C)=C/C/C(=C/NC)CNC. The number of likely N-dealkylation sites (N-methyl/N-ethyl adjacent to an activating group) is 1. The molecule has 0 radical (unpaired) electrons. The van der Waals surface area contributed by atoms with Crippen LogP contribution in [0.4, 0.5) is 0 Å². The Kier molecular flexibility index (Phi) is 10.5. The lowest BCUT2D eigenvalue weighted by Gasteiger charge is -2.13. The predicted octanol–water partition coefficient (Wildman–Crippen LogP) is 0.971. The summed E-state index contributed by atoms with van der Waals surface area (Å²) >= 11 is 0. The maximum atomic E-state index is 6.18. The van der Waals surface area contributed by atoms with Crippen molar-refractivity contribution in [2.45, 2.75) is 32.1 Å². The topological polar surface area (TPSA) is 50.1 Å². The second kappa shape index (κ2) is 11.1. The van der Waals surface area contributed by atoms with E-state index in [-0.39, 0.29) is 6.04 Å². The van der Waals surface area contributed by atoms with Gasteiger partial charge in [0.25, 0.3) is 0 Å². The fraction of sp³-hybridized carbons (Fsp3) is 0.571. The van der Waals surface area contributed by atoms with Gasteiger partial charge in [0.1, 0.15) is 7.85 Å². The normalized spacial score (nSPS) is 15.1. The summed E-state index contributed by atoms with van der Waals surface area (Å²) in [7, 11) is 6.05. The van der Waals surface area contributed by atoms with Gasteiger partial charge in [0.15, 0.2) is 0 Å². The molecule has 4 heteroatoms. The molecule has 0 aliphatic rings. The Morgan fingerprint density at radius 1 is 1.39 bits per heavy atom. The van der Waals surface area contributed by atoms with Crippen molar-refractivity contribution in [1.82, 2.24) is 10.6 Å². The minimum Gasteiger partial charge on any atom is -0.394 e. The molecule has 3 nitrogen and oxygen atoms in total. The van der Waals surface area contributed by atoms with Gasteiger partial charge in [-0.2, -0.15) is 0 Å². The number of rotatable bonds is 9. The van der Waals surface area contributed by atoms with Gasteiger partial charge in [-0.05, 0) is 44.2 Å². The molecule has 0 amide bonds. The van der Waals surface area contributed by atoms with Crippen LogP contribution in [0.25, 0.3) is 0 Å². The van der Waals surface area contributed by atoms with Gasteiger partial charge in [-0.1, -0.05) is 24.5 Å². The van der Waals surface area contributed by atoms with Gasteiger partial charge in [0.2, 0.25) is 0 Å². The molecule has 4 N–H and O–H groups in total. The van der Waals surface area contributed by atoms with E-state index in [2.05, 4.69) is 36.7 Å². The second-order valence-corrected chi connectivity index (χ2v) is 4.43. The van der Waals surface area contributed by atoms with Crippen LogP contribution >= 0.6 is 0 Å². The molecule has 0 rings (SSSR count). The van der Waals surface area contributed by atoms with E-state index >= 15 is 0 Å². The maximum absolute atomic E-state index is 6.18. The first kappa shape index (κ1) is 17.0. The Balaban J connectivity index is 4.68. The summed E-state index contributed by atoms with van der Waals surface area (Å²) < 4.78 is 0. The van der Waals surface area contributed by atoms with E-state index in [9.17, 15) is 0 Å². The molecular formula is C14H28BN3. The second-order valence-electron chi connectivity index (χ2n) is 4.43. The van der Waals surface area contributed by atoms with E-state index in [1.165, 1.54) is 11.1 Å². The van der Waals surface area contributed by atoms with Crippen molar-refractivity contribution in [1.29, 1.82) is 0 Å². The molecule has 18 heavy (non-hydrogen) atoms. The molecule has 0 aromatic carbocycles. The first-order valence-corrected chi connectivity index (χ1v) is 6.77. The van der Waals surface area contributed by atoms with Crippen molar-refractivity contribution in [3.8, 4) is 0 Å². The molecule has 0 aromatic rings. The average molecular weight is 249 g/mol. The highest BCUT2D eigenvalue weighted by atomic mass is 14.8. The lowest BCUT2D eigenvalue weighted by Crippen LogP contribution is -2.21. The zero-order chi connectivity index (χ0) is 13.8. The fourth-order valence-corrected chi connectivity index (χ4v) is 1.88. The molecular weight excluding hydrogens is 221 g/mol. The van der Waals surface area contributed by atoms with Crippen molar-refractivity contribution in [2.24, 2.45) is 5.73 Å². The number of nitrogens with one attached hydrogen (secondary N) is 2. The van der Waals surface area contributed by atoms with E-state index < -0.39 is 0 Å². The van der Waals surface area contributed by atoms with E-state index in [0.717, 1.165) is 25.7 Å². The molecule has 0 fully saturated rings. The highest BCUT2D eigenvalue weighted by Crippen LogP contribution is 2.11. The third-order valence-corrected chi connectivity index (χ3v) is 2.74. The van der Waals surface area contributed by atoms with Gasteiger partial charge in [-0.25, -0.2) is 0 Å². The van der Waals surface area contributed by atoms with E-state index in [1.54, 1.807) is 0 Å². The summed E-state index contributed by atoms with van der Waals surface area (Å²) in [6, 6.07) is 0.150. The number of hydrogen-bond donors (Lipinski definition) is 3. The Hall–Kier alpha value is -0.995. The van der Waals surface area contributed by atoms with Crippen molar-refractivity contribution in [2.75, 3.05) is 20.6 Å². The van der Waals surface area contributed by atoms with Crippen molar-refractivity contribution >= 4 is 7.85 Å². The highest BCUT2D eigenvalue weighted by Gasteiger charge is 2.05. The van der Waals surface area contributed by atoms with Crippen LogP contribution in [0.5, 0.6) is 0 Å². The largest absolute Gasteiger partial charge is 0.394 e. The summed E-state index contributed by atoms with van der Waals surface area (Å²) in [6.07, 6.45) is 11.5. The zero-order valence-electron chi connectivity index (χ0n) is 12.3. The Bertz CT molecular complexity index is 295. The van der Waals surface area contributed by atoms with Gasteiger partial charge < -0.3 is 16.4 Å². The molecule has 0 spiro atoms. The first-order valence-electron chi connectivity index (χ1n) is 6.77. The maximum Gasteiger partial charge on any atom is 0.101 e. The van der Waals surface area contributed by atoms with Crippen molar-refractivity contribution in [3.05, 3.63) is 35.6 Å². The number of hydrogen-bond acceptors (Lipinski definition) is 3.